The highest BCUT2D eigenvalue weighted by molar-refractivity contribution is 5.95. The van der Waals surface area contributed by atoms with Crippen LogP contribution >= 0.6 is 0 Å². The molecule has 146 valence electrons. The molecule has 2 atom stereocenters. The Labute approximate surface area is 159 Å². The second-order valence-electron chi connectivity index (χ2n) is 7.19. The average molecular weight is 373 g/mol. The molecule has 8 nitrogen and oxygen atoms in total. The zero-order valence-electron chi connectivity index (χ0n) is 15.8. The Morgan fingerprint density at radius 2 is 1.93 bits per heavy atom. The van der Waals surface area contributed by atoms with E-state index in [1.54, 1.807) is 17.0 Å². The predicted molar refractivity (Wildman–Crippen MR) is 103 cm³/mol. The van der Waals surface area contributed by atoms with E-state index in [-0.39, 0.29) is 24.3 Å². The van der Waals surface area contributed by atoms with Gasteiger partial charge in [-0.15, -0.1) is 0 Å². The van der Waals surface area contributed by atoms with Crippen molar-refractivity contribution in [2.45, 2.75) is 24.9 Å². The van der Waals surface area contributed by atoms with Crippen LogP contribution in [-0.4, -0.2) is 75.0 Å². The molecule has 27 heavy (non-hydrogen) atoms. The smallest absolute Gasteiger partial charge is 0.253 e. The molecule has 0 aromatic heterocycles. The fourth-order valence-electron chi connectivity index (χ4n) is 3.38. The van der Waals surface area contributed by atoms with Crippen LogP contribution in [-0.2, 0) is 9.59 Å². The van der Waals surface area contributed by atoms with E-state index >= 15 is 0 Å². The number of nitrogens with one attached hydrogen (secondary N) is 3. The highest BCUT2D eigenvalue weighted by Crippen LogP contribution is 2.15. The Morgan fingerprint density at radius 3 is 2.59 bits per heavy atom. The molecule has 2 saturated heterocycles. The molecule has 8 heteroatoms. The highest BCUT2D eigenvalue weighted by atomic mass is 16.2. The van der Waals surface area contributed by atoms with E-state index in [0.717, 1.165) is 12.1 Å². The van der Waals surface area contributed by atoms with Gasteiger partial charge >= 0.3 is 0 Å². The number of piperidine rings is 1. The Balaban J connectivity index is 1.60. The molecular weight excluding hydrogens is 346 g/mol. The van der Waals surface area contributed by atoms with Gasteiger partial charge in [0.15, 0.2) is 0 Å². The van der Waals surface area contributed by atoms with Crippen LogP contribution in [0.2, 0.25) is 0 Å². The van der Waals surface area contributed by atoms with Gasteiger partial charge in [0.25, 0.3) is 5.91 Å². The van der Waals surface area contributed by atoms with Crippen molar-refractivity contribution in [3.63, 3.8) is 0 Å². The minimum absolute atomic E-state index is 0.0879. The van der Waals surface area contributed by atoms with Gasteiger partial charge in [-0.25, -0.2) is 0 Å². The monoisotopic (exact) mass is 373 g/mol. The predicted octanol–water partition coefficient (Wildman–Crippen LogP) is -0.439. The summed E-state index contributed by atoms with van der Waals surface area (Å²) in [7, 11) is 3.89. The lowest BCUT2D eigenvalue weighted by atomic mass is 10.1. The summed E-state index contributed by atoms with van der Waals surface area (Å²) in [6.45, 7) is 2.02. The zero-order chi connectivity index (χ0) is 19.4. The third kappa shape index (κ3) is 4.57. The van der Waals surface area contributed by atoms with Crippen molar-refractivity contribution in [3.05, 3.63) is 29.8 Å². The van der Waals surface area contributed by atoms with Gasteiger partial charge in [0.1, 0.15) is 12.1 Å². The molecule has 1 aromatic carbocycles. The number of nitrogens with zero attached hydrogens (tertiary/aromatic N) is 2. The topological polar surface area (TPSA) is 93.8 Å². The van der Waals surface area contributed by atoms with Crippen molar-refractivity contribution in [1.82, 2.24) is 20.9 Å². The fraction of sp³-hybridized carbons (Fsp3) is 0.526. The third-order valence-electron chi connectivity index (χ3n) is 5.01. The maximum Gasteiger partial charge on any atom is 0.253 e. The standard InChI is InChI=1S/C19H27N5O3/c1-23(2)14-7-5-13(6-8-14)19(27)24-11-10-20-16(12-24)18(26)22-15-4-3-9-21-17(15)25/h5-8,15-16,20H,3-4,9-12H2,1-2H3,(H,21,25)(H,22,26)/t15-,16+/m0/s1. The molecule has 2 aliphatic heterocycles. The zero-order valence-corrected chi connectivity index (χ0v) is 15.8. The van der Waals surface area contributed by atoms with Gasteiger partial charge in [0.05, 0.1) is 0 Å². The number of benzene rings is 1. The van der Waals surface area contributed by atoms with Crippen LogP contribution in [0, 0.1) is 0 Å². The van der Waals surface area contributed by atoms with Gasteiger partial charge < -0.3 is 25.8 Å². The van der Waals surface area contributed by atoms with Crippen molar-refractivity contribution in [3.8, 4) is 0 Å². The molecule has 0 aliphatic carbocycles. The molecule has 3 amide bonds. The minimum Gasteiger partial charge on any atom is -0.378 e. The van der Waals surface area contributed by atoms with E-state index in [1.807, 2.05) is 31.1 Å². The van der Waals surface area contributed by atoms with Gasteiger partial charge in [0, 0.05) is 51.5 Å². The van der Waals surface area contributed by atoms with E-state index in [9.17, 15) is 14.4 Å². The molecule has 0 bridgehead atoms. The molecule has 2 heterocycles. The molecule has 0 unspecified atom stereocenters. The first-order valence-corrected chi connectivity index (χ1v) is 9.34. The van der Waals surface area contributed by atoms with Crippen molar-refractivity contribution in [2.24, 2.45) is 0 Å². The van der Waals surface area contributed by atoms with Crippen LogP contribution in [0.5, 0.6) is 0 Å². The Bertz CT molecular complexity index is 704. The Morgan fingerprint density at radius 1 is 1.19 bits per heavy atom. The number of carbonyl (C=O) groups is 3. The van der Waals surface area contributed by atoms with Crippen molar-refractivity contribution < 1.29 is 14.4 Å². The number of carbonyl (C=O) groups excluding carboxylic acids is 3. The largest absolute Gasteiger partial charge is 0.378 e. The van der Waals surface area contributed by atoms with Crippen molar-refractivity contribution in [1.29, 1.82) is 0 Å². The van der Waals surface area contributed by atoms with E-state index in [1.165, 1.54) is 0 Å². The van der Waals surface area contributed by atoms with E-state index in [4.69, 9.17) is 0 Å². The second-order valence-corrected chi connectivity index (χ2v) is 7.19. The van der Waals surface area contributed by atoms with Gasteiger partial charge in [-0.1, -0.05) is 0 Å². The molecule has 3 rings (SSSR count). The van der Waals surface area contributed by atoms with Crippen molar-refractivity contribution >= 4 is 23.4 Å². The summed E-state index contributed by atoms with van der Waals surface area (Å²) in [5, 5.41) is 8.70. The lowest BCUT2D eigenvalue weighted by Crippen LogP contribution is -2.61. The summed E-state index contributed by atoms with van der Waals surface area (Å²) in [5.74, 6) is -0.466. The third-order valence-corrected chi connectivity index (χ3v) is 5.01. The van der Waals surface area contributed by atoms with Crippen LogP contribution in [0.3, 0.4) is 0 Å². The number of anilines is 1. The minimum atomic E-state index is -0.515. The van der Waals surface area contributed by atoms with Gasteiger partial charge in [-0.3, -0.25) is 14.4 Å². The summed E-state index contributed by atoms with van der Waals surface area (Å²) in [6.07, 6.45) is 1.49. The fourth-order valence-corrected chi connectivity index (χ4v) is 3.38. The van der Waals surface area contributed by atoms with Gasteiger partial charge in [-0.2, -0.15) is 0 Å². The lowest BCUT2D eigenvalue weighted by Gasteiger charge is -2.34. The van der Waals surface area contributed by atoms with Gasteiger partial charge in [-0.05, 0) is 37.1 Å². The summed E-state index contributed by atoms with van der Waals surface area (Å²) >= 11 is 0. The number of hydrogen-bond donors (Lipinski definition) is 3. The highest BCUT2D eigenvalue weighted by Gasteiger charge is 2.31. The lowest BCUT2D eigenvalue weighted by molar-refractivity contribution is -0.131. The van der Waals surface area contributed by atoms with E-state index in [2.05, 4.69) is 16.0 Å². The normalized spacial score (nSPS) is 22.7. The van der Waals surface area contributed by atoms with Crippen LogP contribution in [0.1, 0.15) is 23.2 Å². The quantitative estimate of drug-likeness (QED) is 0.665. The molecule has 3 N–H and O–H groups in total. The maximum atomic E-state index is 12.8. The van der Waals surface area contributed by atoms with Crippen LogP contribution in [0.15, 0.2) is 24.3 Å². The van der Waals surface area contributed by atoms with Crippen LogP contribution in [0.4, 0.5) is 5.69 Å². The number of piperazine rings is 1. The Hall–Kier alpha value is -2.61. The van der Waals surface area contributed by atoms with E-state index < -0.39 is 12.1 Å². The maximum absolute atomic E-state index is 12.8. The Kier molecular flexibility index (Phi) is 5.95. The van der Waals surface area contributed by atoms with E-state index in [0.29, 0.717) is 31.6 Å². The average Bonchev–Trinajstić information content (AvgIpc) is 2.69. The molecule has 0 saturated carbocycles. The summed E-state index contributed by atoms with van der Waals surface area (Å²) < 4.78 is 0. The second kappa shape index (κ2) is 8.39. The molecule has 2 aliphatic rings. The SMILES string of the molecule is CN(C)c1ccc(C(=O)N2CCN[C@@H](C(=O)N[C@H]3CCCNC3=O)C2)cc1. The molecule has 0 spiro atoms. The van der Waals surface area contributed by atoms with Crippen molar-refractivity contribution in [2.75, 3.05) is 45.2 Å². The van der Waals surface area contributed by atoms with Crippen LogP contribution in [0.25, 0.3) is 0 Å². The summed E-state index contributed by atoms with van der Waals surface area (Å²) in [6, 6.07) is 6.42. The summed E-state index contributed by atoms with van der Waals surface area (Å²) in [5.41, 5.74) is 1.63. The summed E-state index contributed by atoms with van der Waals surface area (Å²) in [4.78, 5) is 40.8. The first kappa shape index (κ1) is 19.2. The number of hydrogen-bond acceptors (Lipinski definition) is 5. The van der Waals surface area contributed by atoms with Gasteiger partial charge in [0.2, 0.25) is 11.8 Å². The molecule has 0 radical (unpaired) electrons. The first-order chi connectivity index (χ1) is 13.0. The first-order valence-electron chi connectivity index (χ1n) is 9.34. The number of rotatable bonds is 4. The molecular formula is C19H27N5O3. The number of amides is 3. The molecule has 1 aromatic rings. The molecule has 2 fully saturated rings. The van der Waals surface area contributed by atoms with Crippen LogP contribution < -0.4 is 20.9 Å².